The minimum Gasteiger partial charge on any atom is -0.294 e. The molecule has 0 N–H and O–H groups in total. The summed E-state index contributed by atoms with van der Waals surface area (Å²) >= 11 is 0. The SMILES string of the molecule is C=C1C(CCC)CCC1C1=CC(C)C=C1CC(=O)C1=CCC(c2cccc(CCC(C)(C)C)c2)=C1. The van der Waals surface area contributed by atoms with Gasteiger partial charge >= 0.3 is 0 Å². The van der Waals surface area contributed by atoms with Gasteiger partial charge in [-0.25, -0.2) is 0 Å². The Bertz CT molecular complexity index is 1100. The summed E-state index contributed by atoms with van der Waals surface area (Å²) in [5.74, 6) is 1.75. The third-order valence-corrected chi connectivity index (χ3v) is 8.07. The van der Waals surface area contributed by atoms with E-state index in [9.17, 15) is 4.79 Å². The molecule has 186 valence electrons. The molecule has 0 bridgehead atoms. The van der Waals surface area contributed by atoms with Gasteiger partial charge < -0.3 is 0 Å². The minimum atomic E-state index is 0.254. The van der Waals surface area contributed by atoms with E-state index in [1.54, 1.807) is 0 Å². The van der Waals surface area contributed by atoms with Crippen LogP contribution in [0.25, 0.3) is 5.57 Å². The van der Waals surface area contributed by atoms with Crippen LogP contribution < -0.4 is 0 Å². The summed E-state index contributed by atoms with van der Waals surface area (Å²) in [6.45, 7) is 15.9. The highest BCUT2D eigenvalue weighted by molar-refractivity contribution is 6.03. The third kappa shape index (κ3) is 6.24. The van der Waals surface area contributed by atoms with Gasteiger partial charge in [0.2, 0.25) is 0 Å². The smallest absolute Gasteiger partial charge is 0.166 e. The van der Waals surface area contributed by atoms with Gasteiger partial charge in [-0.3, -0.25) is 4.79 Å². The maximum atomic E-state index is 13.4. The van der Waals surface area contributed by atoms with Gasteiger partial charge in [0.25, 0.3) is 0 Å². The summed E-state index contributed by atoms with van der Waals surface area (Å²) in [4.78, 5) is 13.4. The van der Waals surface area contributed by atoms with Crippen LogP contribution in [0, 0.1) is 23.2 Å². The Kier molecular flexibility index (Phi) is 7.84. The molecule has 1 saturated carbocycles. The molecule has 0 radical (unpaired) electrons. The Hall–Kier alpha value is -2.41. The fourth-order valence-electron chi connectivity index (χ4n) is 6.05. The first-order valence-electron chi connectivity index (χ1n) is 13.8. The van der Waals surface area contributed by atoms with Crippen molar-refractivity contribution in [2.45, 2.75) is 86.0 Å². The lowest BCUT2D eigenvalue weighted by Gasteiger charge is -2.19. The van der Waals surface area contributed by atoms with Crippen LogP contribution in [0.3, 0.4) is 0 Å². The highest BCUT2D eigenvalue weighted by atomic mass is 16.1. The Labute approximate surface area is 213 Å². The Morgan fingerprint density at radius 2 is 1.94 bits per heavy atom. The number of Topliss-reactive ketones (excluding diaryl/α,β-unsaturated/α-hetero) is 1. The molecule has 35 heavy (non-hydrogen) atoms. The summed E-state index contributed by atoms with van der Waals surface area (Å²) in [6, 6.07) is 8.90. The van der Waals surface area contributed by atoms with Gasteiger partial charge in [-0.1, -0.05) is 95.7 Å². The lowest BCUT2D eigenvalue weighted by atomic mass is 9.85. The highest BCUT2D eigenvalue weighted by Gasteiger charge is 2.34. The monoisotopic (exact) mass is 468 g/mol. The predicted octanol–water partition coefficient (Wildman–Crippen LogP) is 9.22. The van der Waals surface area contributed by atoms with Crippen molar-refractivity contribution in [3.05, 3.63) is 88.6 Å². The van der Waals surface area contributed by atoms with E-state index < -0.39 is 0 Å². The molecule has 1 aromatic carbocycles. The zero-order chi connectivity index (χ0) is 25.2. The van der Waals surface area contributed by atoms with Crippen LogP contribution in [-0.2, 0) is 11.2 Å². The Morgan fingerprint density at radius 1 is 1.14 bits per heavy atom. The highest BCUT2D eigenvalue weighted by Crippen LogP contribution is 2.46. The van der Waals surface area contributed by atoms with Gasteiger partial charge in [0.15, 0.2) is 5.78 Å². The molecule has 0 aliphatic heterocycles. The largest absolute Gasteiger partial charge is 0.294 e. The normalized spacial score (nSPS) is 24.4. The minimum absolute atomic E-state index is 0.254. The van der Waals surface area contributed by atoms with Gasteiger partial charge in [-0.2, -0.15) is 0 Å². The Morgan fingerprint density at radius 3 is 2.69 bits per heavy atom. The molecule has 0 spiro atoms. The average molecular weight is 469 g/mol. The van der Waals surface area contributed by atoms with Crippen LogP contribution in [-0.4, -0.2) is 5.78 Å². The van der Waals surface area contributed by atoms with Crippen molar-refractivity contribution in [2.75, 3.05) is 0 Å². The number of hydrogen-bond acceptors (Lipinski definition) is 1. The molecule has 1 aromatic rings. The third-order valence-electron chi connectivity index (χ3n) is 8.07. The van der Waals surface area contributed by atoms with E-state index >= 15 is 0 Å². The zero-order valence-corrected chi connectivity index (χ0v) is 22.6. The van der Waals surface area contributed by atoms with E-state index in [1.165, 1.54) is 65.5 Å². The van der Waals surface area contributed by atoms with E-state index in [-0.39, 0.29) is 5.78 Å². The summed E-state index contributed by atoms with van der Waals surface area (Å²) in [6.07, 6.45) is 17.5. The van der Waals surface area contributed by atoms with Gasteiger partial charge in [0, 0.05) is 17.9 Å². The number of allylic oxidation sites excluding steroid dienone is 9. The van der Waals surface area contributed by atoms with E-state index in [0.717, 1.165) is 18.4 Å². The van der Waals surface area contributed by atoms with E-state index in [2.05, 4.69) is 89.8 Å². The topological polar surface area (TPSA) is 17.1 Å². The van der Waals surface area contributed by atoms with Crippen LogP contribution in [0.1, 0.15) is 90.7 Å². The molecule has 3 atom stereocenters. The first-order valence-corrected chi connectivity index (χ1v) is 13.8. The number of benzene rings is 1. The zero-order valence-electron chi connectivity index (χ0n) is 22.6. The van der Waals surface area contributed by atoms with Crippen LogP contribution in [0.15, 0.2) is 77.4 Å². The molecule has 3 unspecified atom stereocenters. The maximum absolute atomic E-state index is 13.4. The van der Waals surface area contributed by atoms with Gasteiger partial charge in [0.05, 0.1) is 0 Å². The van der Waals surface area contributed by atoms with E-state index in [4.69, 9.17) is 0 Å². The molecule has 1 fully saturated rings. The van der Waals surface area contributed by atoms with Crippen molar-refractivity contribution in [2.24, 2.45) is 23.2 Å². The number of carbonyl (C=O) groups excluding carboxylic acids is 1. The molecule has 0 saturated heterocycles. The van der Waals surface area contributed by atoms with Gasteiger partial charge in [0.1, 0.15) is 0 Å². The molecule has 0 aromatic heterocycles. The number of hydrogen-bond donors (Lipinski definition) is 0. The van der Waals surface area contributed by atoms with Crippen molar-refractivity contribution in [3.63, 3.8) is 0 Å². The molecular weight excluding hydrogens is 424 g/mol. The second kappa shape index (κ2) is 10.7. The summed E-state index contributed by atoms with van der Waals surface area (Å²) in [7, 11) is 0. The molecule has 1 heteroatoms. The average Bonchev–Trinajstić information content (AvgIpc) is 3.52. The quantitative estimate of drug-likeness (QED) is 0.330. The Balaban J connectivity index is 1.42. The van der Waals surface area contributed by atoms with Crippen molar-refractivity contribution < 1.29 is 4.79 Å². The van der Waals surface area contributed by atoms with Gasteiger partial charge in [-0.15, -0.1) is 0 Å². The van der Waals surface area contributed by atoms with Crippen LogP contribution in [0.2, 0.25) is 0 Å². The maximum Gasteiger partial charge on any atom is 0.166 e. The first kappa shape index (κ1) is 25.7. The van der Waals surface area contributed by atoms with Crippen LogP contribution in [0.4, 0.5) is 0 Å². The fourth-order valence-corrected chi connectivity index (χ4v) is 6.05. The predicted molar refractivity (Wildman–Crippen MR) is 150 cm³/mol. The fraction of sp³-hybridized carbons (Fsp3) is 0.500. The van der Waals surface area contributed by atoms with E-state index in [1.807, 2.05) is 0 Å². The van der Waals surface area contributed by atoms with Crippen LogP contribution in [0.5, 0.6) is 0 Å². The number of aryl methyl sites for hydroxylation is 1. The van der Waals surface area contributed by atoms with Gasteiger partial charge in [-0.05, 0) is 89.7 Å². The first-order chi connectivity index (χ1) is 16.6. The van der Waals surface area contributed by atoms with E-state index in [0.29, 0.717) is 29.6 Å². The number of carbonyl (C=O) groups is 1. The van der Waals surface area contributed by atoms with Crippen molar-refractivity contribution in [3.8, 4) is 0 Å². The molecule has 3 aliphatic carbocycles. The number of ketones is 1. The molecule has 4 rings (SSSR count). The molecule has 1 nitrogen and oxygen atoms in total. The second-order valence-corrected chi connectivity index (χ2v) is 12.3. The van der Waals surface area contributed by atoms with Crippen LogP contribution >= 0.6 is 0 Å². The molecule has 0 heterocycles. The standard InChI is InChI=1S/C34H44O/c1-7-9-26-14-15-31(24(26)3)32-19-23(2)18-30(32)22-33(35)29-13-12-28(21-29)27-11-8-10-25(20-27)16-17-34(4,5)6/h8,10-11,13,18-21,23,26,31H,3,7,9,12,14-17,22H2,1-2,4-6H3. The summed E-state index contributed by atoms with van der Waals surface area (Å²) in [5.41, 5.74) is 9.17. The van der Waals surface area contributed by atoms with Crippen molar-refractivity contribution >= 4 is 11.4 Å². The summed E-state index contributed by atoms with van der Waals surface area (Å²) in [5, 5.41) is 0. The molecule has 3 aliphatic rings. The molecule has 0 amide bonds. The lowest BCUT2D eigenvalue weighted by Crippen LogP contribution is -2.09. The second-order valence-electron chi connectivity index (χ2n) is 12.3. The summed E-state index contributed by atoms with van der Waals surface area (Å²) < 4.78 is 0. The van der Waals surface area contributed by atoms with Crippen molar-refractivity contribution in [1.82, 2.24) is 0 Å². The molecular formula is C34H44O. The lowest BCUT2D eigenvalue weighted by molar-refractivity contribution is -0.114. The van der Waals surface area contributed by atoms with Crippen molar-refractivity contribution in [1.29, 1.82) is 0 Å². The number of rotatable bonds is 9.